The van der Waals surface area contributed by atoms with Crippen molar-refractivity contribution in [2.45, 2.75) is 0 Å². The molecule has 0 spiro atoms. The number of ketones is 1. The van der Waals surface area contributed by atoms with Gasteiger partial charge in [0.25, 0.3) is 0 Å². The third kappa shape index (κ3) is 1.74. The molecule has 0 saturated carbocycles. The lowest BCUT2D eigenvalue weighted by Crippen LogP contribution is -2.11. The number of anilines is 2. The Kier molecular flexibility index (Phi) is 2.61. The van der Waals surface area contributed by atoms with Crippen LogP contribution in [0, 0.1) is 0 Å². The van der Waals surface area contributed by atoms with E-state index in [4.69, 9.17) is 4.52 Å². The van der Waals surface area contributed by atoms with Gasteiger partial charge in [0.15, 0.2) is 11.5 Å². The van der Waals surface area contributed by atoms with Crippen LogP contribution in [-0.4, -0.2) is 10.9 Å². The van der Waals surface area contributed by atoms with E-state index >= 15 is 0 Å². The molecule has 5 rings (SSSR count). The average Bonchev–Trinajstić information content (AvgIpc) is 3.06. The van der Waals surface area contributed by atoms with Crippen LogP contribution in [0.5, 0.6) is 0 Å². The molecule has 24 heavy (non-hydrogen) atoms. The first-order valence-corrected chi connectivity index (χ1v) is 7.71. The van der Waals surface area contributed by atoms with Crippen LogP contribution in [0.25, 0.3) is 22.2 Å². The van der Waals surface area contributed by atoms with Crippen molar-refractivity contribution in [3.63, 3.8) is 0 Å². The van der Waals surface area contributed by atoms with Gasteiger partial charge in [-0.05, 0) is 24.3 Å². The molecule has 0 radical (unpaired) electrons. The minimum absolute atomic E-state index is 0.00895. The summed E-state index contributed by atoms with van der Waals surface area (Å²) in [6, 6.07) is 21.0. The highest BCUT2D eigenvalue weighted by Crippen LogP contribution is 2.42. The number of hydrogen-bond donors (Lipinski definition) is 1. The van der Waals surface area contributed by atoms with Gasteiger partial charge in [-0.3, -0.25) is 4.79 Å². The van der Waals surface area contributed by atoms with Crippen molar-refractivity contribution in [3.8, 4) is 11.3 Å². The smallest absolute Gasteiger partial charge is 0.196 e. The molecule has 0 bridgehead atoms. The van der Waals surface area contributed by atoms with Crippen LogP contribution in [0.15, 0.2) is 71.3 Å². The van der Waals surface area contributed by atoms with Gasteiger partial charge >= 0.3 is 0 Å². The van der Waals surface area contributed by atoms with Crippen LogP contribution in [0.4, 0.5) is 11.4 Å². The zero-order chi connectivity index (χ0) is 16.1. The number of nitrogens with one attached hydrogen (secondary N) is 1. The van der Waals surface area contributed by atoms with E-state index in [-0.39, 0.29) is 5.78 Å². The first-order valence-electron chi connectivity index (χ1n) is 7.71. The molecule has 1 heterocycles. The molecule has 1 N–H and O–H groups in total. The van der Waals surface area contributed by atoms with Gasteiger partial charge in [0.05, 0.1) is 16.6 Å². The third-order valence-electron chi connectivity index (χ3n) is 4.34. The number of hydrogen-bond acceptors (Lipinski definition) is 4. The molecule has 0 unspecified atom stereocenters. The Morgan fingerprint density at radius 2 is 1.58 bits per heavy atom. The molecule has 4 aromatic rings. The molecular weight excluding hydrogens is 300 g/mol. The minimum atomic E-state index is -0.00895. The molecule has 0 amide bonds. The Morgan fingerprint density at radius 1 is 0.833 bits per heavy atom. The lowest BCUT2D eigenvalue weighted by molar-refractivity contribution is 0.104. The highest BCUT2D eigenvalue weighted by Gasteiger charge is 2.31. The summed E-state index contributed by atoms with van der Waals surface area (Å²) in [5.74, 6) is 0.650. The second kappa shape index (κ2) is 4.80. The number of para-hydroxylation sites is 1. The van der Waals surface area contributed by atoms with Crippen LogP contribution in [0.2, 0.25) is 0 Å². The van der Waals surface area contributed by atoms with Crippen molar-refractivity contribution in [2.75, 3.05) is 5.32 Å². The summed E-state index contributed by atoms with van der Waals surface area (Å²) >= 11 is 0. The van der Waals surface area contributed by atoms with Gasteiger partial charge in [-0.25, -0.2) is 0 Å². The molecule has 114 valence electrons. The molecule has 4 heteroatoms. The molecule has 3 aromatic carbocycles. The molecule has 1 aliphatic carbocycles. The lowest BCUT2D eigenvalue weighted by atomic mass is 9.87. The summed E-state index contributed by atoms with van der Waals surface area (Å²) in [7, 11) is 0. The van der Waals surface area contributed by atoms with Crippen molar-refractivity contribution in [3.05, 3.63) is 77.9 Å². The average molecular weight is 312 g/mol. The van der Waals surface area contributed by atoms with Crippen molar-refractivity contribution < 1.29 is 9.32 Å². The van der Waals surface area contributed by atoms with Crippen molar-refractivity contribution in [1.82, 2.24) is 5.16 Å². The highest BCUT2D eigenvalue weighted by molar-refractivity contribution is 6.27. The normalized spacial score (nSPS) is 12.2. The van der Waals surface area contributed by atoms with Crippen LogP contribution in [0.1, 0.15) is 15.9 Å². The second-order valence-corrected chi connectivity index (χ2v) is 5.76. The molecule has 4 nitrogen and oxygen atoms in total. The van der Waals surface area contributed by atoms with Gasteiger partial charge in [0.2, 0.25) is 0 Å². The zero-order valence-electron chi connectivity index (χ0n) is 12.6. The van der Waals surface area contributed by atoms with E-state index in [1.807, 2.05) is 66.7 Å². The van der Waals surface area contributed by atoms with Crippen LogP contribution in [-0.2, 0) is 0 Å². The maximum Gasteiger partial charge on any atom is 0.196 e. The minimum Gasteiger partial charge on any atom is -0.355 e. The van der Waals surface area contributed by atoms with E-state index in [0.717, 1.165) is 22.3 Å². The van der Waals surface area contributed by atoms with Crippen LogP contribution < -0.4 is 5.32 Å². The fourth-order valence-corrected chi connectivity index (χ4v) is 3.25. The van der Waals surface area contributed by atoms with E-state index in [9.17, 15) is 4.79 Å². The van der Waals surface area contributed by atoms with Crippen molar-refractivity contribution >= 4 is 28.1 Å². The zero-order valence-corrected chi connectivity index (χ0v) is 12.6. The molecule has 0 saturated heterocycles. The van der Waals surface area contributed by atoms with Gasteiger partial charge < -0.3 is 9.84 Å². The fourth-order valence-electron chi connectivity index (χ4n) is 3.25. The molecule has 0 fully saturated rings. The summed E-state index contributed by atoms with van der Waals surface area (Å²) in [6.07, 6.45) is 0. The van der Waals surface area contributed by atoms with E-state index in [1.165, 1.54) is 0 Å². The number of nitrogens with zero attached hydrogens (tertiary/aromatic N) is 1. The quantitative estimate of drug-likeness (QED) is 0.509. The van der Waals surface area contributed by atoms with E-state index in [2.05, 4.69) is 10.5 Å². The first kappa shape index (κ1) is 13.1. The number of fused-ring (bicyclic) bond motifs is 2. The predicted molar refractivity (Wildman–Crippen MR) is 92.6 cm³/mol. The lowest BCUT2D eigenvalue weighted by Gasteiger charge is -2.17. The van der Waals surface area contributed by atoms with Gasteiger partial charge in [0.1, 0.15) is 5.52 Å². The Bertz CT molecular complexity index is 1100. The first-order chi connectivity index (χ1) is 11.8. The molecule has 0 atom stereocenters. The van der Waals surface area contributed by atoms with Gasteiger partial charge in [-0.1, -0.05) is 47.6 Å². The summed E-state index contributed by atoms with van der Waals surface area (Å²) in [6.45, 7) is 0. The predicted octanol–water partition coefficient (Wildman–Crippen LogP) is 4.78. The van der Waals surface area contributed by atoms with E-state index in [1.54, 1.807) is 0 Å². The third-order valence-corrected chi connectivity index (χ3v) is 4.34. The topological polar surface area (TPSA) is 55.1 Å². The van der Waals surface area contributed by atoms with E-state index < -0.39 is 0 Å². The summed E-state index contributed by atoms with van der Waals surface area (Å²) < 4.78 is 5.55. The maximum atomic E-state index is 13.1. The van der Waals surface area contributed by atoms with Crippen LogP contribution in [0.3, 0.4) is 0 Å². The van der Waals surface area contributed by atoms with Crippen molar-refractivity contribution in [2.24, 2.45) is 0 Å². The molecule has 1 aliphatic rings. The number of benzene rings is 3. The monoisotopic (exact) mass is 312 g/mol. The Labute approximate surface area is 137 Å². The molecular formula is C20H12N2O2. The molecule has 0 aliphatic heterocycles. The summed E-state index contributed by atoms with van der Waals surface area (Å²) in [5.41, 5.74) is 4.45. The summed E-state index contributed by atoms with van der Waals surface area (Å²) in [4.78, 5) is 13.1. The SMILES string of the molecule is O=C1c2ccccc2-c2onc3ccc(Nc4ccccc4)c1c23. The number of carbonyl (C=O) groups excluding carboxylic acids is 1. The van der Waals surface area contributed by atoms with E-state index in [0.29, 0.717) is 22.4 Å². The molecule has 1 aromatic heterocycles. The Hall–Kier alpha value is -3.40. The van der Waals surface area contributed by atoms with Gasteiger partial charge in [-0.2, -0.15) is 0 Å². The number of carbonyl (C=O) groups is 1. The fraction of sp³-hybridized carbons (Fsp3) is 0. The second-order valence-electron chi connectivity index (χ2n) is 5.76. The Morgan fingerprint density at radius 3 is 2.42 bits per heavy atom. The van der Waals surface area contributed by atoms with Crippen LogP contribution >= 0.6 is 0 Å². The van der Waals surface area contributed by atoms with Gasteiger partial charge in [-0.15, -0.1) is 0 Å². The maximum absolute atomic E-state index is 13.1. The largest absolute Gasteiger partial charge is 0.355 e. The van der Waals surface area contributed by atoms with Gasteiger partial charge in [0, 0.05) is 16.8 Å². The standard InChI is InChI=1S/C20H12N2O2/c23-19-13-8-4-5-9-14(13)20-18-16(22-24-20)11-10-15(17(18)19)21-12-6-2-1-3-7-12/h1-11,21H. The van der Waals surface area contributed by atoms with Crippen molar-refractivity contribution in [1.29, 1.82) is 0 Å². The number of aromatic nitrogens is 1. The Balaban J connectivity index is 1.79. The summed E-state index contributed by atoms with van der Waals surface area (Å²) in [5, 5.41) is 8.23. The number of rotatable bonds is 2. The highest BCUT2D eigenvalue weighted by atomic mass is 16.5.